The van der Waals surface area contributed by atoms with Crippen molar-refractivity contribution in [1.29, 1.82) is 0 Å². The molecule has 0 saturated heterocycles. The maximum atomic E-state index is 10.8. The smallest absolute Gasteiger partial charge is 0.427 e. The summed E-state index contributed by atoms with van der Waals surface area (Å²) in [7, 11) is 1.24. The molecular weight excluding hydrogens is 278 g/mol. The van der Waals surface area contributed by atoms with Gasteiger partial charge in [-0.05, 0) is 30.7 Å². The molecule has 2 amide bonds. The fourth-order valence-corrected chi connectivity index (χ4v) is 1.35. The number of hydrogen-bond acceptors (Lipinski definition) is 6. The van der Waals surface area contributed by atoms with Gasteiger partial charge in [-0.1, -0.05) is 0 Å². The van der Waals surface area contributed by atoms with Gasteiger partial charge in [0.2, 0.25) is 0 Å². The lowest BCUT2D eigenvalue weighted by atomic mass is 10.2. The molecule has 0 radical (unpaired) electrons. The van der Waals surface area contributed by atoms with Crippen LogP contribution < -0.4 is 20.6 Å². The zero-order chi connectivity index (χ0) is 15.7. The highest BCUT2D eigenvalue weighted by atomic mass is 16.5. The predicted molar refractivity (Wildman–Crippen MR) is 75.4 cm³/mol. The van der Waals surface area contributed by atoms with Crippen molar-refractivity contribution in [2.45, 2.75) is 6.92 Å². The molecule has 1 rings (SSSR count). The number of hydrogen-bond donors (Lipinski definition) is 2. The number of ether oxygens (including phenoxy) is 3. The molecule has 0 aliphatic heterocycles. The quantitative estimate of drug-likeness (QED) is 0.566. The van der Waals surface area contributed by atoms with Crippen LogP contribution in [0.15, 0.2) is 23.3 Å². The third kappa shape index (κ3) is 5.81. The largest absolute Gasteiger partial charge is 0.490 e. The van der Waals surface area contributed by atoms with Gasteiger partial charge in [-0.25, -0.2) is 10.2 Å². The molecule has 114 valence electrons. The Bertz CT molecular complexity index is 531. The minimum atomic E-state index is -0.669. The lowest BCUT2D eigenvalue weighted by Gasteiger charge is -2.11. The van der Waals surface area contributed by atoms with Crippen LogP contribution in [0.2, 0.25) is 0 Å². The topological polar surface area (TPSA) is 112 Å². The number of benzene rings is 1. The Morgan fingerprint density at radius 1 is 1.33 bits per heavy atom. The van der Waals surface area contributed by atoms with E-state index >= 15 is 0 Å². The van der Waals surface area contributed by atoms with Gasteiger partial charge in [0, 0.05) is 0 Å². The number of primary amides is 1. The summed E-state index contributed by atoms with van der Waals surface area (Å²) in [4.78, 5) is 21.6. The van der Waals surface area contributed by atoms with E-state index in [0.29, 0.717) is 23.7 Å². The zero-order valence-corrected chi connectivity index (χ0v) is 11.8. The van der Waals surface area contributed by atoms with Crippen molar-refractivity contribution in [3.63, 3.8) is 0 Å². The van der Waals surface area contributed by atoms with Crippen molar-refractivity contribution in [2.24, 2.45) is 10.8 Å². The standard InChI is InChI=1S/C13H17N3O5/c1-3-20-11-6-9(7-15-16-13(18)19-2)4-5-10(11)21-8-12(14)17/h4-7H,3,8H2,1-2H3,(H2,14,17)(H,16,18)/b15-7-. The molecule has 21 heavy (non-hydrogen) atoms. The molecule has 0 heterocycles. The molecule has 0 aliphatic carbocycles. The molecule has 8 nitrogen and oxygen atoms in total. The van der Waals surface area contributed by atoms with Crippen molar-refractivity contribution in [3.8, 4) is 11.5 Å². The van der Waals surface area contributed by atoms with Crippen molar-refractivity contribution in [3.05, 3.63) is 23.8 Å². The summed E-state index contributed by atoms with van der Waals surface area (Å²) in [5.74, 6) is 0.264. The number of nitrogens with two attached hydrogens (primary N) is 1. The first kappa shape index (κ1) is 16.3. The number of nitrogens with zero attached hydrogens (tertiary/aromatic N) is 1. The highest BCUT2D eigenvalue weighted by Crippen LogP contribution is 2.27. The first-order valence-corrected chi connectivity index (χ1v) is 6.11. The number of nitrogens with one attached hydrogen (secondary N) is 1. The highest BCUT2D eigenvalue weighted by Gasteiger charge is 2.07. The summed E-state index contributed by atoms with van der Waals surface area (Å²) in [5, 5.41) is 3.70. The Hall–Kier alpha value is -2.77. The van der Waals surface area contributed by atoms with Crippen LogP contribution in [0.3, 0.4) is 0 Å². The number of carbonyl (C=O) groups is 2. The highest BCUT2D eigenvalue weighted by molar-refractivity contribution is 5.82. The van der Waals surface area contributed by atoms with Crippen LogP contribution in [0.5, 0.6) is 11.5 Å². The molecule has 1 aromatic rings. The minimum absolute atomic E-state index is 0.239. The first-order valence-electron chi connectivity index (χ1n) is 6.11. The molecule has 0 aromatic heterocycles. The molecule has 0 bridgehead atoms. The Kier molecular flexibility index (Phi) is 6.52. The van der Waals surface area contributed by atoms with Crippen molar-refractivity contribution in [1.82, 2.24) is 5.43 Å². The average molecular weight is 295 g/mol. The van der Waals surface area contributed by atoms with E-state index in [4.69, 9.17) is 15.2 Å². The van der Waals surface area contributed by atoms with Gasteiger partial charge < -0.3 is 19.9 Å². The van der Waals surface area contributed by atoms with Gasteiger partial charge in [-0.3, -0.25) is 4.79 Å². The van der Waals surface area contributed by atoms with E-state index in [1.54, 1.807) is 18.2 Å². The maximum Gasteiger partial charge on any atom is 0.427 e. The number of rotatable bonds is 7. The normalized spacial score (nSPS) is 10.2. The van der Waals surface area contributed by atoms with Crippen LogP contribution in [-0.2, 0) is 9.53 Å². The molecule has 3 N–H and O–H groups in total. The van der Waals surface area contributed by atoms with Gasteiger partial charge in [-0.15, -0.1) is 0 Å². The minimum Gasteiger partial charge on any atom is -0.490 e. The zero-order valence-electron chi connectivity index (χ0n) is 11.8. The number of amides is 2. The molecule has 1 aromatic carbocycles. The van der Waals surface area contributed by atoms with E-state index in [1.165, 1.54) is 13.3 Å². The number of methoxy groups -OCH3 is 1. The van der Waals surface area contributed by atoms with Crippen LogP contribution in [0.1, 0.15) is 12.5 Å². The molecule has 0 atom stereocenters. The summed E-state index contributed by atoms with van der Waals surface area (Å²) in [6, 6.07) is 4.96. The monoisotopic (exact) mass is 295 g/mol. The van der Waals surface area contributed by atoms with Gasteiger partial charge in [0.25, 0.3) is 5.91 Å². The molecule has 0 fully saturated rings. The van der Waals surface area contributed by atoms with Crippen LogP contribution in [0.4, 0.5) is 4.79 Å². The second kappa shape index (κ2) is 8.41. The average Bonchev–Trinajstić information content (AvgIpc) is 2.46. The molecule has 0 saturated carbocycles. The summed E-state index contributed by atoms with van der Waals surface area (Å²) in [6.07, 6.45) is 0.745. The lowest BCUT2D eigenvalue weighted by molar-refractivity contribution is -0.119. The Balaban J connectivity index is 2.81. The van der Waals surface area contributed by atoms with E-state index in [1.807, 2.05) is 6.92 Å². The van der Waals surface area contributed by atoms with E-state index in [-0.39, 0.29) is 6.61 Å². The van der Waals surface area contributed by atoms with Crippen LogP contribution in [0, 0.1) is 0 Å². The number of hydrazone groups is 1. The van der Waals surface area contributed by atoms with Crippen LogP contribution in [0.25, 0.3) is 0 Å². The predicted octanol–water partition coefficient (Wildman–Crippen LogP) is 0.639. The van der Waals surface area contributed by atoms with E-state index < -0.39 is 12.0 Å². The van der Waals surface area contributed by atoms with Crippen molar-refractivity contribution in [2.75, 3.05) is 20.3 Å². The fourth-order valence-electron chi connectivity index (χ4n) is 1.35. The molecule has 0 unspecified atom stereocenters. The van der Waals surface area contributed by atoms with Gasteiger partial charge >= 0.3 is 6.09 Å². The van der Waals surface area contributed by atoms with Crippen LogP contribution >= 0.6 is 0 Å². The first-order chi connectivity index (χ1) is 10.1. The van der Waals surface area contributed by atoms with E-state index in [0.717, 1.165) is 0 Å². The lowest BCUT2D eigenvalue weighted by Crippen LogP contribution is -2.20. The summed E-state index contributed by atoms with van der Waals surface area (Å²) < 4.78 is 15.0. The second-order valence-corrected chi connectivity index (χ2v) is 3.76. The third-order valence-electron chi connectivity index (χ3n) is 2.19. The van der Waals surface area contributed by atoms with E-state index in [2.05, 4.69) is 15.3 Å². The third-order valence-corrected chi connectivity index (χ3v) is 2.19. The molecule has 0 aliphatic rings. The Morgan fingerprint density at radius 3 is 2.71 bits per heavy atom. The second-order valence-electron chi connectivity index (χ2n) is 3.76. The van der Waals surface area contributed by atoms with Gasteiger partial charge in [0.05, 0.1) is 19.9 Å². The maximum absolute atomic E-state index is 10.8. The summed E-state index contributed by atoms with van der Waals surface area (Å²) in [5.41, 5.74) is 7.85. The molecular formula is C13H17N3O5. The molecule has 0 spiro atoms. The number of carbonyl (C=O) groups excluding carboxylic acids is 2. The van der Waals surface area contributed by atoms with Crippen LogP contribution in [-0.4, -0.2) is 38.5 Å². The fraction of sp³-hybridized carbons (Fsp3) is 0.308. The van der Waals surface area contributed by atoms with E-state index in [9.17, 15) is 9.59 Å². The molecule has 8 heteroatoms. The van der Waals surface area contributed by atoms with Crippen molar-refractivity contribution >= 4 is 18.2 Å². The Labute approximate surface area is 121 Å². The summed E-state index contributed by atoms with van der Waals surface area (Å²) >= 11 is 0. The SMILES string of the molecule is CCOc1cc(/C=N\NC(=O)OC)ccc1OCC(N)=O. The summed E-state index contributed by atoms with van der Waals surface area (Å²) in [6.45, 7) is 2.00. The Morgan fingerprint density at radius 2 is 2.10 bits per heavy atom. The van der Waals surface area contributed by atoms with Gasteiger partial charge in [0.15, 0.2) is 18.1 Å². The van der Waals surface area contributed by atoms with Gasteiger partial charge in [0.1, 0.15) is 0 Å². The van der Waals surface area contributed by atoms with Gasteiger partial charge in [-0.2, -0.15) is 5.10 Å². The van der Waals surface area contributed by atoms with Crippen molar-refractivity contribution < 1.29 is 23.8 Å².